The average Bonchev–Trinajstić information content (AvgIpc) is 2.36. The van der Waals surface area contributed by atoms with Crippen LogP contribution in [0, 0.1) is 11.8 Å². The van der Waals surface area contributed by atoms with Crippen molar-refractivity contribution in [2.45, 2.75) is 78.9 Å². The van der Waals surface area contributed by atoms with Crippen LogP contribution in [0.3, 0.4) is 0 Å². The van der Waals surface area contributed by atoms with Crippen molar-refractivity contribution in [3.63, 3.8) is 0 Å². The summed E-state index contributed by atoms with van der Waals surface area (Å²) < 4.78 is 11.2. The topological polar surface area (TPSA) is 47.9 Å². The van der Waals surface area contributed by atoms with Crippen LogP contribution in [0.1, 0.15) is 67.2 Å². The fraction of sp³-hybridized carbons (Fsp3) is 0.882. The van der Waals surface area contributed by atoms with Gasteiger partial charge in [-0.3, -0.25) is 4.79 Å². The van der Waals surface area contributed by atoms with Gasteiger partial charge >= 0.3 is 5.97 Å². The third-order valence-corrected chi connectivity index (χ3v) is 3.98. The molecule has 0 spiro atoms. The number of carbonyl (C=O) groups is 1. The van der Waals surface area contributed by atoms with E-state index in [0.29, 0.717) is 12.5 Å². The predicted octanol–water partition coefficient (Wildman–Crippen LogP) is 3.98. The number of rotatable bonds is 7. The van der Waals surface area contributed by atoms with Gasteiger partial charge in [0.25, 0.3) is 0 Å². The molecule has 0 aromatic rings. The van der Waals surface area contributed by atoms with Crippen molar-refractivity contribution in [3.05, 3.63) is 0 Å². The molecule has 0 fully saturated rings. The summed E-state index contributed by atoms with van der Waals surface area (Å²) in [6.07, 6.45) is 3.91. The number of hydrogen-bond donors (Lipinski definition) is 0. The van der Waals surface area contributed by atoms with Gasteiger partial charge in [-0.2, -0.15) is 0 Å². The first-order chi connectivity index (χ1) is 9.84. The first-order valence-electron chi connectivity index (χ1n) is 8.27. The van der Waals surface area contributed by atoms with Crippen molar-refractivity contribution in [1.82, 2.24) is 0 Å². The lowest BCUT2D eigenvalue weighted by Crippen LogP contribution is -2.42. The van der Waals surface area contributed by atoms with Gasteiger partial charge in [0.05, 0.1) is 18.2 Å². The normalized spacial score (nSPS) is 23.7. The van der Waals surface area contributed by atoms with Crippen molar-refractivity contribution in [1.29, 1.82) is 0 Å². The summed E-state index contributed by atoms with van der Waals surface area (Å²) in [6.45, 7) is 12.7. The second-order valence-electron chi connectivity index (χ2n) is 6.58. The van der Waals surface area contributed by atoms with Gasteiger partial charge in [0.2, 0.25) is 0 Å². The zero-order chi connectivity index (χ0) is 16.0. The van der Waals surface area contributed by atoms with E-state index < -0.39 is 0 Å². The maximum atomic E-state index is 12.5. The molecule has 0 aliphatic carbocycles. The fourth-order valence-corrected chi connectivity index (χ4v) is 3.17. The van der Waals surface area contributed by atoms with Crippen LogP contribution in [-0.4, -0.2) is 30.1 Å². The Kier molecular flexibility index (Phi) is 6.69. The Morgan fingerprint density at radius 3 is 2.57 bits per heavy atom. The molecule has 1 heterocycles. The number of esters is 1. The number of ether oxygens (including phenoxy) is 2. The molecule has 1 rings (SSSR count). The molecule has 1 aliphatic rings. The van der Waals surface area contributed by atoms with Crippen LogP contribution in [0.5, 0.6) is 0 Å². The minimum Gasteiger partial charge on any atom is -0.477 e. The Bertz CT molecular complexity index is 376. The van der Waals surface area contributed by atoms with Gasteiger partial charge < -0.3 is 9.47 Å². The SMILES string of the molecule is CCCC(CC)C(C(=O)OCC)C1=NC(C)(C)CC(C)O1. The molecule has 0 saturated heterocycles. The summed E-state index contributed by atoms with van der Waals surface area (Å²) in [5.41, 5.74) is -0.178. The summed E-state index contributed by atoms with van der Waals surface area (Å²) >= 11 is 0. The van der Waals surface area contributed by atoms with Gasteiger partial charge in [-0.05, 0) is 40.0 Å². The molecule has 21 heavy (non-hydrogen) atoms. The highest BCUT2D eigenvalue weighted by atomic mass is 16.5. The monoisotopic (exact) mass is 297 g/mol. The molecule has 0 amide bonds. The number of nitrogens with zero attached hydrogens (tertiary/aromatic N) is 1. The average molecular weight is 297 g/mol. The van der Waals surface area contributed by atoms with Gasteiger partial charge in [0.1, 0.15) is 5.92 Å². The molecule has 122 valence electrons. The molecule has 0 N–H and O–H groups in total. The molecule has 0 aromatic heterocycles. The van der Waals surface area contributed by atoms with Crippen LogP contribution in [-0.2, 0) is 14.3 Å². The summed E-state index contributed by atoms with van der Waals surface area (Å²) in [4.78, 5) is 17.2. The molecule has 4 heteroatoms. The summed E-state index contributed by atoms with van der Waals surface area (Å²) in [5.74, 6) is 0.254. The van der Waals surface area contributed by atoms with Gasteiger partial charge in [-0.15, -0.1) is 0 Å². The Morgan fingerprint density at radius 2 is 2.10 bits per heavy atom. The number of aliphatic imine (C=N–C) groups is 1. The first-order valence-corrected chi connectivity index (χ1v) is 8.27. The summed E-state index contributed by atoms with van der Waals surface area (Å²) in [6, 6.07) is 0. The Hall–Kier alpha value is -1.06. The molecule has 3 atom stereocenters. The third-order valence-electron chi connectivity index (χ3n) is 3.98. The van der Waals surface area contributed by atoms with Crippen LogP contribution < -0.4 is 0 Å². The van der Waals surface area contributed by atoms with E-state index in [4.69, 9.17) is 14.5 Å². The van der Waals surface area contributed by atoms with E-state index in [1.807, 2.05) is 13.8 Å². The van der Waals surface area contributed by atoms with Gasteiger partial charge in [-0.25, -0.2) is 4.99 Å². The Labute approximate surface area is 129 Å². The van der Waals surface area contributed by atoms with E-state index in [2.05, 4.69) is 27.7 Å². The fourth-order valence-electron chi connectivity index (χ4n) is 3.17. The van der Waals surface area contributed by atoms with Crippen LogP contribution in [0.2, 0.25) is 0 Å². The Balaban J connectivity index is 3.10. The molecular formula is C17H31NO3. The maximum Gasteiger partial charge on any atom is 0.318 e. The highest BCUT2D eigenvalue weighted by molar-refractivity contribution is 5.98. The molecule has 0 bridgehead atoms. The second kappa shape index (κ2) is 7.81. The lowest BCUT2D eigenvalue weighted by atomic mass is 9.84. The van der Waals surface area contributed by atoms with E-state index in [9.17, 15) is 4.79 Å². The van der Waals surface area contributed by atoms with Crippen molar-refractivity contribution < 1.29 is 14.3 Å². The van der Waals surface area contributed by atoms with Crippen LogP contribution in [0.4, 0.5) is 0 Å². The largest absolute Gasteiger partial charge is 0.477 e. The lowest BCUT2D eigenvalue weighted by molar-refractivity contribution is -0.148. The quantitative estimate of drug-likeness (QED) is 0.668. The highest BCUT2D eigenvalue weighted by Crippen LogP contribution is 2.31. The van der Waals surface area contributed by atoms with E-state index in [1.54, 1.807) is 0 Å². The number of carbonyl (C=O) groups excluding carboxylic acids is 1. The summed E-state index contributed by atoms with van der Waals surface area (Å²) in [5, 5.41) is 0. The zero-order valence-corrected chi connectivity index (χ0v) is 14.4. The Morgan fingerprint density at radius 1 is 1.43 bits per heavy atom. The maximum absolute atomic E-state index is 12.5. The summed E-state index contributed by atoms with van der Waals surface area (Å²) in [7, 11) is 0. The van der Waals surface area contributed by atoms with E-state index in [1.165, 1.54) is 0 Å². The van der Waals surface area contributed by atoms with Crippen molar-refractivity contribution in [2.24, 2.45) is 16.8 Å². The lowest BCUT2D eigenvalue weighted by Gasteiger charge is -2.35. The van der Waals surface area contributed by atoms with Gasteiger partial charge in [0, 0.05) is 6.42 Å². The third kappa shape index (κ3) is 5.01. The molecule has 0 aromatic carbocycles. The zero-order valence-electron chi connectivity index (χ0n) is 14.4. The highest BCUT2D eigenvalue weighted by Gasteiger charge is 2.39. The van der Waals surface area contributed by atoms with Crippen molar-refractivity contribution in [3.8, 4) is 0 Å². The smallest absolute Gasteiger partial charge is 0.318 e. The molecule has 0 radical (unpaired) electrons. The van der Waals surface area contributed by atoms with Crippen LogP contribution in [0.15, 0.2) is 4.99 Å². The van der Waals surface area contributed by atoms with Crippen LogP contribution >= 0.6 is 0 Å². The molecule has 0 saturated carbocycles. The molecular weight excluding hydrogens is 266 g/mol. The van der Waals surface area contributed by atoms with E-state index >= 15 is 0 Å². The van der Waals surface area contributed by atoms with Crippen molar-refractivity contribution >= 4 is 11.9 Å². The minimum atomic E-state index is -0.364. The van der Waals surface area contributed by atoms with Crippen LogP contribution in [0.25, 0.3) is 0 Å². The second-order valence-corrected chi connectivity index (χ2v) is 6.58. The first kappa shape index (κ1) is 18.0. The van der Waals surface area contributed by atoms with E-state index in [0.717, 1.165) is 25.7 Å². The van der Waals surface area contributed by atoms with Gasteiger partial charge in [-0.1, -0.05) is 26.7 Å². The van der Waals surface area contributed by atoms with E-state index in [-0.39, 0.29) is 29.4 Å². The molecule has 3 unspecified atom stereocenters. The predicted molar refractivity (Wildman–Crippen MR) is 85.5 cm³/mol. The molecule has 4 nitrogen and oxygen atoms in total. The number of hydrogen-bond acceptors (Lipinski definition) is 4. The minimum absolute atomic E-state index is 0.0866. The van der Waals surface area contributed by atoms with Crippen molar-refractivity contribution in [2.75, 3.05) is 6.61 Å². The van der Waals surface area contributed by atoms with Gasteiger partial charge in [0.15, 0.2) is 5.90 Å². The molecule has 1 aliphatic heterocycles. The standard InChI is InChI=1S/C17H31NO3/c1-7-10-13(8-2)14(16(19)20-9-3)15-18-17(5,6)11-12(4)21-15/h12-14H,7-11H2,1-6H3.